The maximum absolute atomic E-state index is 12.5. The largest absolute Gasteiger partial charge is 0.496 e. The summed E-state index contributed by atoms with van der Waals surface area (Å²) in [4.78, 5) is 14.1. The van der Waals surface area contributed by atoms with Crippen molar-refractivity contribution in [2.45, 2.75) is 31.3 Å². The van der Waals surface area contributed by atoms with E-state index < -0.39 is 5.54 Å². The summed E-state index contributed by atoms with van der Waals surface area (Å²) in [7, 11) is 1.60. The molecule has 1 aliphatic carbocycles. The highest BCUT2D eigenvalue weighted by molar-refractivity contribution is 5.87. The average molecular weight is 278 g/mol. The van der Waals surface area contributed by atoms with Gasteiger partial charge in [0.2, 0.25) is 5.91 Å². The second-order valence-corrected chi connectivity index (χ2v) is 5.27. The van der Waals surface area contributed by atoms with Crippen LogP contribution in [0.25, 0.3) is 0 Å². The molecule has 110 valence electrons. The highest BCUT2D eigenvalue weighted by atomic mass is 16.5. The van der Waals surface area contributed by atoms with E-state index in [4.69, 9.17) is 10.5 Å². The Morgan fingerprint density at radius 3 is 2.70 bits per heavy atom. The highest BCUT2D eigenvalue weighted by Crippen LogP contribution is 2.32. The third-order valence-electron chi connectivity index (χ3n) is 3.88. The fourth-order valence-corrected chi connectivity index (χ4v) is 2.50. The molecule has 20 heavy (non-hydrogen) atoms. The summed E-state index contributed by atoms with van der Waals surface area (Å²) in [5.41, 5.74) is 6.28. The summed E-state index contributed by atoms with van der Waals surface area (Å²) in [6.07, 6.45) is 2.43. The molecular weight excluding hydrogens is 256 g/mol. The average Bonchev–Trinajstić information content (AvgIpc) is 2.44. The molecule has 0 saturated heterocycles. The summed E-state index contributed by atoms with van der Waals surface area (Å²) < 4.78 is 5.30. The first kappa shape index (κ1) is 14.8. The molecule has 2 rings (SSSR count). The number of aliphatic hydroxyl groups excluding tert-OH is 1. The van der Waals surface area contributed by atoms with Gasteiger partial charge in [0.1, 0.15) is 5.75 Å². The number of nitrogens with two attached hydrogens (primary N) is 1. The van der Waals surface area contributed by atoms with Gasteiger partial charge in [-0.1, -0.05) is 18.2 Å². The van der Waals surface area contributed by atoms with Crippen molar-refractivity contribution in [2.24, 2.45) is 5.73 Å². The predicted octanol–water partition coefficient (Wildman–Crippen LogP) is 0.897. The fourth-order valence-electron chi connectivity index (χ4n) is 2.50. The number of amides is 1. The first-order chi connectivity index (χ1) is 9.60. The maximum Gasteiger partial charge on any atom is 0.243 e. The molecule has 0 unspecified atom stereocenters. The minimum atomic E-state index is -0.739. The topological polar surface area (TPSA) is 75.8 Å². The molecule has 5 heteroatoms. The van der Waals surface area contributed by atoms with Gasteiger partial charge in [0, 0.05) is 18.7 Å². The molecule has 0 heterocycles. The molecule has 5 nitrogen and oxygen atoms in total. The number of para-hydroxylation sites is 1. The van der Waals surface area contributed by atoms with Gasteiger partial charge in [0.25, 0.3) is 0 Å². The smallest absolute Gasteiger partial charge is 0.243 e. The van der Waals surface area contributed by atoms with E-state index in [9.17, 15) is 9.90 Å². The summed E-state index contributed by atoms with van der Waals surface area (Å²) in [5, 5.41) is 9.18. The van der Waals surface area contributed by atoms with Gasteiger partial charge in [-0.15, -0.1) is 0 Å². The van der Waals surface area contributed by atoms with Gasteiger partial charge >= 0.3 is 0 Å². The van der Waals surface area contributed by atoms with Gasteiger partial charge in [-0.2, -0.15) is 0 Å². The monoisotopic (exact) mass is 278 g/mol. The molecule has 1 aromatic rings. The lowest BCUT2D eigenvalue weighted by molar-refractivity contribution is -0.141. The Bertz CT molecular complexity index is 472. The molecule has 0 atom stereocenters. The van der Waals surface area contributed by atoms with Crippen molar-refractivity contribution in [3.05, 3.63) is 29.8 Å². The van der Waals surface area contributed by atoms with E-state index in [1.807, 2.05) is 24.3 Å². The summed E-state index contributed by atoms with van der Waals surface area (Å²) in [5.74, 6) is 0.659. The van der Waals surface area contributed by atoms with Crippen LogP contribution >= 0.6 is 0 Å². The molecule has 1 amide bonds. The van der Waals surface area contributed by atoms with Gasteiger partial charge in [0.05, 0.1) is 19.3 Å². The maximum atomic E-state index is 12.5. The van der Waals surface area contributed by atoms with Crippen LogP contribution in [0.1, 0.15) is 24.8 Å². The quantitative estimate of drug-likeness (QED) is 0.810. The normalized spacial score (nSPS) is 16.4. The number of carbonyl (C=O) groups excluding carboxylic acids is 1. The van der Waals surface area contributed by atoms with Gasteiger partial charge in [-0.05, 0) is 25.3 Å². The zero-order chi connectivity index (χ0) is 14.6. The van der Waals surface area contributed by atoms with E-state index in [1.54, 1.807) is 12.0 Å². The van der Waals surface area contributed by atoms with E-state index >= 15 is 0 Å². The minimum Gasteiger partial charge on any atom is -0.496 e. The lowest BCUT2D eigenvalue weighted by Gasteiger charge is -2.40. The number of hydrogen-bond donors (Lipinski definition) is 2. The number of rotatable bonds is 6. The summed E-state index contributed by atoms with van der Waals surface area (Å²) in [6, 6.07) is 7.57. The number of aliphatic hydroxyl groups is 1. The second-order valence-electron chi connectivity index (χ2n) is 5.27. The fraction of sp³-hybridized carbons (Fsp3) is 0.533. The van der Waals surface area contributed by atoms with Crippen molar-refractivity contribution < 1.29 is 14.6 Å². The molecule has 0 bridgehead atoms. The number of methoxy groups -OCH3 is 1. The number of benzene rings is 1. The van der Waals surface area contributed by atoms with Crippen molar-refractivity contribution in [1.29, 1.82) is 0 Å². The van der Waals surface area contributed by atoms with E-state index in [0.29, 0.717) is 6.54 Å². The van der Waals surface area contributed by atoms with Crippen LogP contribution in [0, 0.1) is 0 Å². The van der Waals surface area contributed by atoms with Crippen molar-refractivity contribution in [1.82, 2.24) is 4.90 Å². The van der Waals surface area contributed by atoms with Crippen LogP contribution in [0.2, 0.25) is 0 Å². The van der Waals surface area contributed by atoms with Crippen LogP contribution in [0.5, 0.6) is 5.75 Å². The molecule has 0 radical (unpaired) electrons. The molecule has 0 aromatic heterocycles. The van der Waals surface area contributed by atoms with E-state index in [-0.39, 0.29) is 19.1 Å². The summed E-state index contributed by atoms with van der Waals surface area (Å²) >= 11 is 0. The first-order valence-electron chi connectivity index (χ1n) is 6.92. The van der Waals surface area contributed by atoms with Crippen molar-refractivity contribution >= 4 is 5.91 Å². The molecule has 0 aliphatic heterocycles. The Hall–Kier alpha value is -1.59. The van der Waals surface area contributed by atoms with Gasteiger partial charge < -0.3 is 20.5 Å². The molecule has 3 N–H and O–H groups in total. The SMILES string of the molecule is COc1ccccc1CN(CCO)C(=O)C1(N)CCC1. The Labute approximate surface area is 119 Å². The Balaban J connectivity index is 2.14. The van der Waals surface area contributed by atoms with Gasteiger partial charge in [-0.3, -0.25) is 4.79 Å². The van der Waals surface area contributed by atoms with Gasteiger partial charge in [0.15, 0.2) is 0 Å². The van der Waals surface area contributed by atoms with E-state index in [1.165, 1.54) is 0 Å². The molecule has 1 fully saturated rings. The van der Waals surface area contributed by atoms with Crippen molar-refractivity contribution in [2.75, 3.05) is 20.3 Å². The summed E-state index contributed by atoms with van der Waals surface area (Å²) in [6.45, 7) is 0.620. The number of ether oxygens (including phenoxy) is 1. The van der Waals surface area contributed by atoms with Crippen LogP contribution in [0.4, 0.5) is 0 Å². The molecule has 0 spiro atoms. The number of nitrogens with zero attached hydrogens (tertiary/aromatic N) is 1. The first-order valence-corrected chi connectivity index (χ1v) is 6.92. The van der Waals surface area contributed by atoms with E-state index in [0.717, 1.165) is 30.6 Å². The second kappa shape index (κ2) is 6.24. The molecule has 1 aliphatic rings. The lowest BCUT2D eigenvalue weighted by Crippen LogP contribution is -2.59. The predicted molar refractivity (Wildman–Crippen MR) is 76.3 cm³/mol. The highest BCUT2D eigenvalue weighted by Gasteiger charge is 2.42. The minimum absolute atomic E-state index is 0.0725. The molecule has 1 aromatic carbocycles. The van der Waals surface area contributed by atoms with Crippen LogP contribution in [-0.2, 0) is 11.3 Å². The van der Waals surface area contributed by atoms with Crippen LogP contribution < -0.4 is 10.5 Å². The number of carbonyl (C=O) groups is 1. The molecule has 1 saturated carbocycles. The zero-order valence-electron chi connectivity index (χ0n) is 11.8. The Morgan fingerprint density at radius 2 is 2.15 bits per heavy atom. The third-order valence-corrected chi connectivity index (χ3v) is 3.88. The lowest BCUT2D eigenvalue weighted by atomic mass is 9.76. The zero-order valence-corrected chi connectivity index (χ0v) is 11.8. The van der Waals surface area contributed by atoms with Gasteiger partial charge in [-0.25, -0.2) is 0 Å². The third kappa shape index (κ3) is 2.94. The van der Waals surface area contributed by atoms with Crippen molar-refractivity contribution in [3.8, 4) is 5.75 Å². The Morgan fingerprint density at radius 1 is 1.45 bits per heavy atom. The molecular formula is C15H22N2O3. The van der Waals surface area contributed by atoms with Crippen LogP contribution in [-0.4, -0.2) is 41.7 Å². The van der Waals surface area contributed by atoms with Crippen LogP contribution in [0.15, 0.2) is 24.3 Å². The standard InChI is InChI=1S/C15H22N2O3/c1-20-13-6-3-2-5-12(13)11-17(9-10-18)14(19)15(16)7-4-8-15/h2-3,5-6,18H,4,7-11,16H2,1H3. The number of hydrogen-bond acceptors (Lipinski definition) is 4. The van der Waals surface area contributed by atoms with Crippen molar-refractivity contribution in [3.63, 3.8) is 0 Å². The van der Waals surface area contributed by atoms with E-state index in [2.05, 4.69) is 0 Å². The van der Waals surface area contributed by atoms with Crippen LogP contribution in [0.3, 0.4) is 0 Å². The Kier molecular flexibility index (Phi) is 4.62.